The highest BCUT2D eigenvalue weighted by molar-refractivity contribution is 6.03. The lowest BCUT2D eigenvalue weighted by Crippen LogP contribution is -2.43. The van der Waals surface area contributed by atoms with Crippen molar-refractivity contribution in [1.82, 2.24) is 10.3 Å². The van der Waals surface area contributed by atoms with Crippen molar-refractivity contribution in [2.75, 3.05) is 11.4 Å². The van der Waals surface area contributed by atoms with Crippen LogP contribution in [0.4, 0.5) is 15.4 Å². The second kappa shape index (κ2) is 11.1. The van der Waals surface area contributed by atoms with E-state index in [2.05, 4.69) is 10.3 Å². The zero-order valence-electron chi connectivity index (χ0n) is 20.1. The number of Topliss-reactive ketones (excluding diaryl/α,β-unsaturated/α-hetero) is 1. The lowest BCUT2D eigenvalue weighted by atomic mass is 10.1. The molecule has 0 saturated carbocycles. The minimum atomic E-state index is -0.672. The maximum Gasteiger partial charge on any atom is 0.416 e. The minimum Gasteiger partial charge on any atom is -0.444 e. The first kappa shape index (κ1) is 26.4. The van der Waals surface area contributed by atoms with Crippen molar-refractivity contribution >= 4 is 23.8 Å². The summed E-state index contributed by atoms with van der Waals surface area (Å²) in [5.41, 5.74) is -0.897. The first-order chi connectivity index (χ1) is 14.2. The van der Waals surface area contributed by atoms with Gasteiger partial charge in [0, 0.05) is 25.2 Å². The second-order valence-corrected chi connectivity index (χ2v) is 9.44. The first-order valence-corrected chi connectivity index (χ1v) is 10.7. The van der Waals surface area contributed by atoms with Gasteiger partial charge in [-0.15, -0.1) is 0 Å². The number of carbonyl (C=O) groups is 3. The number of ether oxygens (including phenoxy) is 2. The summed E-state index contributed by atoms with van der Waals surface area (Å²) in [4.78, 5) is 43.3. The van der Waals surface area contributed by atoms with Crippen LogP contribution in [0.2, 0.25) is 0 Å². The maximum absolute atomic E-state index is 12.9. The fourth-order valence-corrected chi connectivity index (χ4v) is 2.66. The average molecular weight is 436 g/mol. The second-order valence-electron chi connectivity index (χ2n) is 9.44. The van der Waals surface area contributed by atoms with Crippen LogP contribution in [0.15, 0.2) is 18.3 Å². The van der Waals surface area contributed by atoms with Crippen LogP contribution >= 0.6 is 0 Å². The zero-order valence-corrected chi connectivity index (χ0v) is 20.1. The molecular formula is C23H37N3O5. The van der Waals surface area contributed by atoms with Gasteiger partial charge < -0.3 is 14.8 Å². The Bertz CT molecular complexity index is 765. The summed E-state index contributed by atoms with van der Waals surface area (Å²) in [7, 11) is 0. The van der Waals surface area contributed by atoms with Crippen LogP contribution in [-0.2, 0) is 9.47 Å². The van der Waals surface area contributed by atoms with E-state index in [-0.39, 0.29) is 24.1 Å². The number of alkyl carbamates (subject to hydrolysis) is 1. The van der Waals surface area contributed by atoms with Crippen LogP contribution in [0.25, 0.3) is 0 Å². The molecule has 1 rings (SSSR count). The van der Waals surface area contributed by atoms with Gasteiger partial charge in [0.05, 0.1) is 5.56 Å². The predicted octanol–water partition coefficient (Wildman–Crippen LogP) is 5.11. The van der Waals surface area contributed by atoms with Crippen LogP contribution in [0.1, 0.15) is 85.0 Å². The number of nitrogens with one attached hydrogen (secondary N) is 1. The highest BCUT2D eigenvalue weighted by atomic mass is 16.6. The van der Waals surface area contributed by atoms with E-state index in [1.165, 1.54) is 4.90 Å². The molecule has 1 aromatic heterocycles. The van der Waals surface area contributed by atoms with E-state index in [9.17, 15) is 14.4 Å². The quantitative estimate of drug-likeness (QED) is 0.450. The Morgan fingerprint density at radius 1 is 1.10 bits per heavy atom. The summed E-state index contributed by atoms with van der Waals surface area (Å²) in [5.74, 6) is 0.127. The number of carbonyl (C=O) groups excluding carboxylic acids is 3. The summed E-state index contributed by atoms with van der Waals surface area (Å²) in [5, 5.41) is 2.64. The molecule has 0 aromatic carbocycles. The number of aromatic nitrogens is 1. The predicted molar refractivity (Wildman–Crippen MR) is 121 cm³/mol. The van der Waals surface area contributed by atoms with Crippen molar-refractivity contribution < 1.29 is 23.9 Å². The number of pyridine rings is 1. The first-order valence-electron chi connectivity index (χ1n) is 10.7. The molecule has 1 atom stereocenters. The fraction of sp³-hybridized carbons (Fsp3) is 0.652. The van der Waals surface area contributed by atoms with Gasteiger partial charge in [-0.1, -0.05) is 6.92 Å². The van der Waals surface area contributed by atoms with Gasteiger partial charge in [0.25, 0.3) is 0 Å². The van der Waals surface area contributed by atoms with Crippen LogP contribution < -0.4 is 10.2 Å². The Hall–Kier alpha value is -2.64. The summed E-state index contributed by atoms with van der Waals surface area (Å²) >= 11 is 0. The third-order valence-electron chi connectivity index (χ3n) is 4.19. The van der Waals surface area contributed by atoms with Crippen molar-refractivity contribution in [1.29, 1.82) is 0 Å². The number of hydrogen-bond acceptors (Lipinski definition) is 6. The van der Waals surface area contributed by atoms with Gasteiger partial charge in [0.2, 0.25) is 0 Å². The number of ketones is 1. The van der Waals surface area contributed by atoms with Crippen LogP contribution in [0.3, 0.4) is 0 Å². The van der Waals surface area contributed by atoms with Gasteiger partial charge in [-0.25, -0.2) is 14.6 Å². The van der Waals surface area contributed by atoms with E-state index in [4.69, 9.17) is 9.47 Å². The van der Waals surface area contributed by atoms with E-state index < -0.39 is 23.4 Å². The molecule has 0 aliphatic heterocycles. The Labute approximate surface area is 185 Å². The molecule has 174 valence electrons. The monoisotopic (exact) mass is 435 g/mol. The van der Waals surface area contributed by atoms with E-state index in [1.54, 1.807) is 59.9 Å². The fourth-order valence-electron chi connectivity index (χ4n) is 2.66. The standard InChI is InChI=1S/C23H37N3O5/c1-9-16(2)26(21(29)31-23(6,7)8)19-17(12-10-14-24-19)18(27)13-11-15-25-20(28)30-22(3,4)5/h10,12,14,16H,9,11,13,15H2,1-8H3,(H,25,28). The molecule has 0 saturated heterocycles. The van der Waals surface area contributed by atoms with Gasteiger partial charge in [0.15, 0.2) is 5.78 Å². The van der Waals surface area contributed by atoms with Gasteiger partial charge >= 0.3 is 12.2 Å². The van der Waals surface area contributed by atoms with Crippen molar-refractivity contribution in [3.63, 3.8) is 0 Å². The molecule has 0 aliphatic carbocycles. The molecule has 0 radical (unpaired) electrons. The molecule has 0 spiro atoms. The Morgan fingerprint density at radius 3 is 2.26 bits per heavy atom. The number of anilines is 1. The molecule has 8 nitrogen and oxygen atoms in total. The molecule has 0 fully saturated rings. The molecule has 1 aromatic rings. The van der Waals surface area contributed by atoms with Gasteiger partial charge in [0.1, 0.15) is 17.0 Å². The van der Waals surface area contributed by atoms with Gasteiger partial charge in [-0.05, 0) is 73.4 Å². The number of rotatable bonds is 8. The number of hydrogen-bond donors (Lipinski definition) is 1. The maximum atomic E-state index is 12.9. The third kappa shape index (κ3) is 9.36. The number of amides is 2. The van der Waals surface area contributed by atoms with Crippen molar-refractivity contribution in [3.05, 3.63) is 23.9 Å². The largest absolute Gasteiger partial charge is 0.444 e. The Balaban J connectivity index is 2.91. The summed E-state index contributed by atoms with van der Waals surface area (Å²) in [6, 6.07) is 3.12. The molecule has 2 amide bonds. The molecule has 0 aliphatic rings. The van der Waals surface area contributed by atoms with Gasteiger partial charge in [-0.3, -0.25) is 9.69 Å². The average Bonchev–Trinajstić information content (AvgIpc) is 2.62. The summed E-state index contributed by atoms with van der Waals surface area (Å²) in [6.45, 7) is 14.9. The SMILES string of the molecule is CCC(C)N(C(=O)OC(C)(C)C)c1ncccc1C(=O)CCCNC(=O)OC(C)(C)C. The normalized spacial score (nSPS) is 12.6. The van der Waals surface area contributed by atoms with Crippen LogP contribution in [-0.4, -0.2) is 46.7 Å². The summed E-state index contributed by atoms with van der Waals surface area (Å²) < 4.78 is 10.7. The third-order valence-corrected chi connectivity index (χ3v) is 4.19. The molecule has 31 heavy (non-hydrogen) atoms. The molecule has 1 N–H and O–H groups in total. The molecule has 1 heterocycles. The number of nitrogens with zero attached hydrogens (tertiary/aromatic N) is 2. The molecule has 1 unspecified atom stereocenters. The lowest BCUT2D eigenvalue weighted by molar-refractivity contribution is 0.0522. The Kier molecular flexibility index (Phi) is 9.46. The van der Waals surface area contributed by atoms with Crippen molar-refractivity contribution in [3.8, 4) is 0 Å². The van der Waals surface area contributed by atoms with Gasteiger partial charge in [-0.2, -0.15) is 0 Å². The highest BCUT2D eigenvalue weighted by Crippen LogP contribution is 2.25. The molecular weight excluding hydrogens is 398 g/mol. The smallest absolute Gasteiger partial charge is 0.416 e. The van der Waals surface area contributed by atoms with Crippen LogP contribution in [0, 0.1) is 0 Å². The molecule has 0 bridgehead atoms. The zero-order chi connectivity index (χ0) is 23.8. The summed E-state index contributed by atoms with van der Waals surface area (Å²) in [6.07, 6.45) is 1.79. The van der Waals surface area contributed by atoms with E-state index in [0.29, 0.717) is 24.9 Å². The van der Waals surface area contributed by atoms with Crippen molar-refractivity contribution in [2.24, 2.45) is 0 Å². The van der Waals surface area contributed by atoms with E-state index in [0.717, 1.165) is 0 Å². The van der Waals surface area contributed by atoms with Crippen molar-refractivity contribution in [2.45, 2.75) is 91.9 Å². The van der Waals surface area contributed by atoms with E-state index in [1.807, 2.05) is 13.8 Å². The molecule has 8 heteroatoms. The Morgan fingerprint density at radius 2 is 1.71 bits per heavy atom. The van der Waals surface area contributed by atoms with Crippen LogP contribution in [0.5, 0.6) is 0 Å². The minimum absolute atomic E-state index is 0.161. The topological polar surface area (TPSA) is 97.8 Å². The lowest BCUT2D eigenvalue weighted by Gasteiger charge is -2.31. The highest BCUT2D eigenvalue weighted by Gasteiger charge is 2.30. The van der Waals surface area contributed by atoms with E-state index >= 15 is 0 Å².